The molecule has 0 saturated carbocycles. The maximum absolute atomic E-state index is 13.2. The molecule has 28 heavy (non-hydrogen) atoms. The van der Waals surface area contributed by atoms with Gasteiger partial charge in [-0.3, -0.25) is 4.79 Å². The molecule has 0 spiro atoms. The van der Waals surface area contributed by atoms with Gasteiger partial charge in [0, 0.05) is 31.8 Å². The van der Waals surface area contributed by atoms with Crippen molar-refractivity contribution in [3.63, 3.8) is 0 Å². The SMILES string of the molecule is CO[C@H]1CN(C(=O)c2ccccc2-c2nc(-c3ccccc3)no2)CC[C@H]1N. The Kier molecular flexibility index (Phi) is 5.18. The molecule has 0 bridgehead atoms. The molecule has 0 radical (unpaired) electrons. The van der Waals surface area contributed by atoms with Crippen LogP contribution in [0.15, 0.2) is 59.1 Å². The third-order valence-electron chi connectivity index (χ3n) is 5.05. The first-order valence-corrected chi connectivity index (χ1v) is 9.23. The van der Waals surface area contributed by atoms with Crippen LogP contribution in [0, 0.1) is 0 Å². The summed E-state index contributed by atoms with van der Waals surface area (Å²) in [6, 6.07) is 16.8. The summed E-state index contributed by atoms with van der Waals surface area (Å²) in [6.45, 7) is 1.05. The lowest BCUT2D eigenvalue weighted by atomic mass is 10.00. The van der Waals surface area contributed by atoms with Gasteiger partial charge in [-0.25, -0.2) is 0 Å². The summed E-state index contributed by atoms with van der Waals surface area (Å²) in [5.41, 5.74) is 8.07. The number of methoxy groups -OCH3 is 1. The van der Waals surface area contributed by atoms with Gasteiger partial charge in [0.15, 0.2) is 0 Å². The molecule has 0 unspecified atom stereocenters. The fraction of sp³-hybridized carbons (Fsp3) is 0.286. The van der Waals surface area contributed by atoms with Crippen LogP contribution in [-0.2, 0) is 4.74 Å². The van der Waals surface area contributed by atoms with Crippen molar-refractivity contribution < 1.29 is 14.1 Å². The van der Waals surface area contributed by atoms with Crippen molar-refractivity contribution in [3.8, 4) is 22.8 Å². The van der Waals surface area contributed by atoms with Crippen LogP contribution in [0.3, 0.4) is 0 Å². The van der Waals surface area contributed by atoms with E-state index in [2.05, 4.69) is 10.1 Å². The van der Waals surface area contributed by atoms with E-state index in [1.54, 1.807) is 18.1 Å². The monoisotopic (exact) mass is 378 g/mol. The number of carbonyl (C=O) groups is 1. The predicted octanol–water partition coefficient (Wildman–Crippen LogP) is 2.59. The standard InChI is InChI=1S/C21H22N4O3/c1-27-18-13-25(12-11-17(18)22)21(26)16-10-6-5-9-15(16)20-23-19(24-28-20)14-7-3-2-4-8-14/h2-10,17-18H,11-13,22H2,1H3/t17-,18+/m1/s1. The fourth-order valence-electron chi connectivity index (χ4n) is 3.43. The van der Waals surface area contributed by atoms with Crippen LogP contribution in [0.25, 0.3) is 22.8 Å². The Balaban J connectivity index is 1.63. The third kappa shape index (κ3) is 3.54. The molecule has 3 aromatic rings. The molecule has 1 fully saturated rings. The highest BCUT2D eigenvalue weighted by atomic mass is 16.5. The van der Waals surface area contributed by atoms with Gasteiger partial charge in [-0.1, -0.05) is 47.6 Å². The quantitative estimate of drug-likeness (QED) is 0.750. The Morgan fingerprint density at radius 1 is 1.18 bits per heavy atom. The Bertz CT molecular complexity index is 957. The Morgan fingerprint density at radius 3 is 2.71 bits per heavy atom. The number of ether oxygens (including phenoxy) is 1. The largest absolute Gasteiger partial charge is 0.378 e. The summed E-state index contributed by atoms with van der Waals surface area (Å²) < 4.78 is 10.9. The highest BCUT2D eigenvalue weighted by molar-refractivity contribution is 6.00. The van der Waals surface area contributed by atoms with E-state index in [-0.39, 0.29) is 18.1 Å². The van der Waals surface area contributed by atoms with Crippen LogP contribution in [0.2, 0.25) is 0 Å². The van der Waals surface area contributed by atoms with Gasteiger partial charge >= 0.3 is 0 Å². The summed E-state index contributed by atoms with van der Waals surface area (Å²) in [5.74, 6) is 0.713. The zero-order valence-electron chi connectivity index (χ0n) is 15.6. The van der Waals surface area contributed by atoms with Gasteiger partial charge in [0.1, 0.15) is 0 Å². The number of nitrogens with two attached hydrogens (primary N) is 1. The number of likely N-dealkylation sites (tertiary alicyclic amines) is 1. The number of carbonyl (C=O) groups excluding carboxylic acids is 1. The number of rotatable bonds is 4. The van der Waals surface area contributed by atoms with Crippen molar-refractivity contribution in [2.75, 3.05) is 20.2 Å². The Morgan fingerprint density at radius 2 is 1.93 bits per heavy atom. The molecular weight excluding hydrogens is 356 g/mol. The summed E-state index contributed by atoms with van der Waals surface area (Å²) in [4.78, 5) is 19.4. The zero-order chi connectivity index (χ0) is 19.5. The second-order valence-electron chi connectivity index (χ2n) is 6.81. The van der Waals surface area contributed by atoms with Crippen molar-refractivity contribution in [2.45, 2.75) is 18.6 Å². The molecular formula is C21H22N4O3. The van der Waals surface area contributed by atoms with Crippen LogP contribution < -0.4 is 5.73 Å². The molecule has 2 N–H and O–H groups in total. The van der Waals surface area contributed by atoms with Crippen LogP contribution >= 0.6 is 0 Å². The lowest BCUT2D eigenvalue weighted by Gasteiger charge is -2.36. The van der Waals surface area contributed by atoms with E-state index in [4.69, 9.17) is 15.0 Å². The Labute approximate surface area is 163 Å². The van der Waals surface area contributed by atoms with E-state index in [9.17, 15) is 4.79 Å². The van der Waals surface area contributed by atoms with E-state index < -0.39 is 0 Å². The van der Waals surface area contributed by atoms with Crippen molar-refractivity contribution in [2.24, 2.45) is 5.73 Å². The molecule has 2 aromatic carbocycles. The van der Waals surface area contributed by atoms with Crippen LogP contribution in [0.4, 0.5) is 0 Å². The average molecular weight is 378 g/mol. The van der Waals surface area contributed by atoms with E-state index in [1.165, 1.54) is 0 Å². The number of benzene rings is 2. The molecule has 4 rings (SSSR count). The van der Waals surface area contributed by atoms with Crippen LogP contribution in [0.5, 0.6) is 0 Å². The van der Waals surface area contributed by atoms with Crippen molar-refractivity contribution in [3.05, 3.63) is 60.2 Å². The first-order chi connectivity index (χ1) is 13.7. The summed E-state index contributed by atoms with van der Waals surface area (Å²) in [5, 5.41) is 4.06. The van der Waals surface area contributed by atoms with Crippen LogP contribution in [-0.4, -0.2) is 53.3 Å². The highest BCUT2D eigenvalue weighted by Crippen LogP contribution is 2.27. The van der Waals surface area contributed by atoms with Gasteiger partial charge in [-0.05, 0) is 18.6 Å². The average Bonchev–Trinajstić information content (AvgIpc) is 3.24. The first-order valence-electron chi connectivity index (χ1n) is 9.23. The van der Waals surface area contributed by atoms with Gasteiger partial charge in [0.25, 0.3) is 11.8 Å². The van der Waals surface area contributed by atoms with E-state index in [0.29, 0.717) is 42.4 Å². The number of piperidine rings is 1. The highest BCUT2D eigenvalue weighted by Gasteiger charge is 2.31. The second-order valence-corrected chi connectivity index (χ2v) is 6.81. The van der Waals surface area contributed by atoms with Gasteiger partial charge in [0.2, 0.25) is 5.82 Å². The van der Waals surface area contributed by atoms with Crippen molar-refractivity contribution in [1.82, 2.24) is 15.0 Å². The van der Waals surface area contributed by atoms with Gasteiger partial charge < -0.3 is 19.9 Å². The normalized spacial score (nSPS) is 19.6. The lowest BCUT2D eigenvalue weighted by Crippen LogP contribution is -2.53. The molecule has 1 saturated heterocycles. The Hall–Kier alpha value is -3.03. The number of amides is 1. The third-order valence-corrected chi connectivity index (χ3v) is 5.05. The zero-order valence-corrected chi connectivity index (χ0v) is 15.6. The molecule has 1 amide bonds. The molecule has 1 aliphatic heterocycles. The van der Waals surface area contributed by atoms with E-state index in [1.807, 2.05) is 48.5 Å². The summed E-state index contributed by atoms with van der Waals surface area (Å²) in [7, 11) is 1.62. The number of aromatic nitrogens is 2. The van der Waals surface area contributed by atoms with Crippen molar-refractivity contribution in [1.29, 1.82) is 0 Å². The van der Waals surface area contributed by atoms with E-state index >= 15 is 0 Å². The minimum Gasteiger partial charge on any atom is -0.378 e. The summed E-state index contributed by atoms with van der Waals surface area (Å²) >= 11 is 0. The number of hydrogen-bond acceptors (Lipinski definition) is 6. The molecule has 0 aliphatic carbocycles. The molecule has 1 aliphatic rings. The lowest BCUT2D eigenvalue weighted by molar-refractivity contribution is 0.0162. The minimum atomic E-state index is -0.169. The molecule has 2 atom stereocenters. The molecule has 1 aromatic heterocycles. The smallest absolute Gasteiger partial charge is 0.259 e. The van der Waals surface area contributed by atoms with Crippen molar-refractivity contribution >= 4 is 5.91 Å². The van der Waals surface area contributed by atoms with Gasteiger partial charge in [-0.2, -0.15) is 4.98 Å². The first kappa shape index (κ1) is 18.3. The topological polar surface area (TPSA) is 94.5 Å². The fourth-order valence-corrected chi connectivity index (χ4v) is 3.43. The summed E-state index contributed by atoms with van der Waals surface area (Å²) in [6.07, 6.45) is 0.531. The number of nitrogens with zero attached hydrogens (tertiary/aromatic N) is 3. The maximum atomic E-state index is 13.2. The molecule has 7 heteroatoms. The predicted molar refractivity (Wildman–Crippen MR) is 104 cm³/mol. The second kappa shape index (κ2) is 7.92. The van der Waals surface area contributed by atoms with Gasteiger partial charge in [0.05, 0.1) is 17.2 Å². The molecule has 7 nitrogen and oxygen atoms in total. The van der Waals surface area contributed by atoms with E-state index in [0.717, 1.165) is 5.56 Å². The number of hydrogen-bond donors (Lipinski definition) is 1. The van der Waals surface area contributed by atoms with Gasteiger partial charge in [-0.15, -0.1) is 0 Å². The molecule has 144 valence electrons. The maximum Gasteiger partial charge on any atom is 0.259 e. The minimum absolute atomic E-state index is 0.0614. The van der Waals surface area contributed by atoms with Crippen LogP contribution in [0.1, 0.15) is 16.8 Å². The molecule has 2 heterocycles.